The van der Waals surface area contributed by atoms with Gasteiger partial charge >= 0.3 is 6.18 Å². The number of aromatic nitrogens is 1. The first-order chi connectivity index (χ1) is 15.9. The lowest BCUT2D eigenvalue weighted by Gasteiger charge is -2.28. The molecule has 0 fully saturated rings. The van der Waals surface area contributed by atoms with Crippen LogP contribution < -0.4 is 5.73 Å². The highest BCUT2D eigenvalue weighted by molar-refractivity contribution is 5.63. The molecule has 1 aliphatic rings. The summed E-state index contributed by atoms with van der Waals surface area (Å²) in [4.78, 5) is 5.72. The van der Waals surface area contributed by atoms with Gasteiger partial charge in [0.1, 0.15) is 0 Å². The molecule has 0 bridgehead atoms. The lowest BCUT2D eigenvalue weighted by Crippen LogP contribution is -2.30. The van der Waals surface area contributed by atoms with Gasteiger partial charge in [-0.15, -0.1) is 0 Å². The lowest BCUT2D eigenvalue weighted by molar-refractivity contribution is -0.137. The van der Waals surface area contributed by atoms with Crippen molar-refractivity contribution in [2.75, 3.05) is 12.3 Å². The summed E-state index contributed by atoms with van der Waals surface area (Å²) in [6, 6.07) is 24.9. The van der Waals surface area contributed by atoms with Crippen LogP contribution in [-0.4, -0.2) is 16.4 Å². The number of nitrogens with two attached hydrogens (primary N) is 1. The molecule has 0 atom stereocenters. The summed E-state index contributed by atoms with van der Waals surface area (Å²) < 4.78 is 37.0. The number of fused-ring (bicyclic) bond motifs is 1. The first-order valence-corrected chi connectivity index (χ1v) is 10.8. The highest BCUT2D eigenvalue weighted by Gasteiger charge is 2.29. The number of alkyl halides is 3. The van der Waals surface area contributed by atoms with E-state index in [-0.39, 0.29) is 0 Å². The van der Waals surface area contributed by atoms with Gasteiger partial charge < -0.3 is 10.7 Å². The van der Waals surface area contributed by atoms with Crippen LogP contribution in [0, 0.1) is 0 Å². The minimum absolute atomic E-state index is 0.618. The van der Waals surface area contributed by atoms with E-state index in [1.165, 1.54) is 29.0 Å². The molecular weight excluding hydrogens is 423 g/mol. The molecule has 6 heteroatoms. The van der Waals surface area contributed by atoms with E-state index in [0.717, 1.165) is 55.0 Å². The fourth-order valence-corrected chi connectivity index (χ4v) is 3.96. The van der Waals surface area contributed by atoms with Crippen molar-refractivity contribution in [2.24, 2.45) is 0 Å². The molecule has 170 valence electrons. The van der Waals surface area contributed by atoms with E-state index in [0.29, 0.717) is 0 Å². The normalized spacial score (nSPS) is 13.7. The monoisotopic (exact) mass is 449 g/mol. The Bertz CT molecular complexity index is 1150. The van der Waals surface area contributed by atoms with E-state index < -0.39 is 11.7 Å². The number of benzene rings is 3. The third kappa shape index (κ3) is 6.05. The van der Waals surface area contributed by atoms with Crippen LogP contribution in [0.3, 0.4) is 0 Å². The first-order valence-electron chi connectivity index (χ1n) is 10.8. The van der Waals surface area contributed by atoms with Gasteiger partial charge in [0.05, 0.1) is 5.56 Å². The summed E-state index contributed by atoms with van der Waals surface area (Å²) in [5, 5.41) is 0. The maximum Gasteiger partial charge on any atom is 0.416 e. The summed E-state index contributed by atoms with van der Waals surface area (Å²) in [5.41, 5.74) is 11.9. The molecule has 0 saturated heterocycles. The SMILES string of the molecule is FC(F)(F)c1ccc(-c2ccccc2)cc1.Nc1ccc2c(c1)CCN(Cc1ccc[nH]1)C2. The zero-order valence-electron chi connectivity index (χ0n) is 18.1. The summed E-state index contributed by atoms with van der Waals surface area (Å²) in [6.07, 6.45) is -1.19. The number of aromatic amines is 1. The van der Waals surface area contributed by atoms with Gasteiger partial charge in [-0.3, -0.25) is 4.90 Å². The Morgan fingerprint density at radius 3 is 2.21 bits per heavy atom. The molecule has 0 spiro atoms. The number of H-pyrrole nitrogens is 1. The number of rotatable bonds is 3. The molecule has 0 unspecified atom stereocenters. The number of hydrogen-bond donors (Lipinski definition) is 2. The highest BCUT2D eigenvalue weighted by atomic mass is 19.4. The van der Waals surface area contributed by atoms with Crippen LogP contribution in [-0.2, 0) is 25.7 Å². The second-order valence-electron chi connectivity index (χ2n) is 8.13. The van der Waals surface area contributed by atoms with Crippen LogP contribution in [0.5, 0.6) is 0 Å². The van der Waals surface area contributed by atoms with E-state index in [1.54, 1.807) is 0 Å². The molecule has 33 heavy (non-hydrogen) atoms. The van der Waals surface area contributed by atoms with Crippen molar-refractivity contribution >= 4 is 5.69 Å². The quantitative estimate of drug-likeness (QED) is 0.350. The zero-order chi connectivity index (χ0) is 23.3. The van der Waals surface area contributed by atoms with Crippen molar-refractivity contribution in [1.29, 1.82) is 0 Å². The summed E-state index contributed by atoms with van der Waals surface area (Å²) in [6.45, 7) is 3.13. The Morgan fingerprint density at radius 2 is 1.55 bits per heavy atom. The Kier molecular flexibility index (Phi) is 6.84. The molecule has 3 N–H and O–H groups in total. The average molecular weight is 450 g/mol. The maximum absolute atomic E-state index is 12.3. The summed E-state index contributed by atoms with van der Waals surface area (Å²) in [7, 11) is 0. The van der Waals surface area contributed by atoms with Gasteiger partial charge in [-0.25, -0.2) is 0 Å². The standard InChI is InChI=1S/C14H17N3.C13H9F3/c15-13-4-3-12-9-17(7-5-11(12)8-13)10-14-2-1-6-16-14;14-13(15,16)12-8-6-11(7-9-12)10-4-2-1-3-5-10/h1-4,6,8,16H,5,7,9-10,15H2;1-9H. The maximum atomic E-state index is 12.3. The Morgan fingerprint density at radius 1 is 0.818 bits per heavy atom. The van der Waals surface area contributed by atoms with Crippen molar-refractivity contribution in [1.82, 2.24) is 9.88 Å². The first kappa shape index (κ1) is 22.7. The van der Waals surface area contributed by atoms with E-state index in [9.17, 15) is 13.2 Å². The van der Waals surface area contributed by atoms with Crippen molar-refractivity contribution < 1.29 is 13.2 Å². The van der Waals surface area contributed by atoms with Gasteiger partial charge in [-0.1, -0.05) is 48.5 Å². The minimum Gasteiger partial charge on any atom is -0.399 e. The average Bonchev–Trinajstić information content (AvgIpc) is 3.33. The van der Waals surface area contributed by atoms with Crippen LogP contribution in [0.4, 0.5) is 18.9 Å². The smallest absolute Gasteiger partial charge is 0.399 e. The molecule has 3 aromatic carbocycles. The fraction of sp³-hybridized carbons (Fsp3) is 0.185. The molecule has 5 rings (SSSR count). The Balaban J connectivity index is 0.000000157. The van der Waals surface area contributed by atoms with Crippen molar-refractivity contribution in [3.05, 3.63) is 114 Å². The molecule has 0 saturated carbocycles. The molecular formula is C27H26F3N3. The van der Waals surface area contributed by atoms with E-state index in [1.807, 2.05) is 48.7 Å². The fourth-order valence-electron chi connectivity index (χ4n) is 3.96. The lowest BCUT2D eigenvalue weighted by atomic mass is 9.99. The summed E-state index contributed by atoms with van der Waals surface area (Å²) in [5.74, 6) is 0. The number of nitrogens with one attached hydrogen (secondary N) is 1. The molecule has 0 amide bonds. The topological polar surface area (TPSA) is 45.0 Å². The van der Waals surface area contributed by atoms with Gasteiger partial charge in [0.15, 0.2) is 0 Å². The second-order valence-corrected chi connectivity index (χ2v) is 8.13. The van der Waals surface area contributed by atoms with E-state index >= 15 is 0 Å². The van der Waals surface area contributed by atoms with E-state index in [4.69, 9.17) is 5.73 Å². The zero-order valence-corrected chi connectivity index (χ0v) is 18.1. The van der Waals surface area contributed by atoms with Crippen LogP contribution in [0.25, 0.3) is 11.1 Å². The highest BCUT2D eigenvalue weighted by Crippen LogP contribution is 2.30. The second kappa shape index (κ2) is 9.96. The van der Waals surface area contributed by atoms with Crippen LogP contribution >= 0.6 is 0 Å². The Labute approximate surface area is 191 Å². The molecule has 1 aliphatic heterocycles. The largest absolute Gasteiger partial charge is 0.416 e. The minimum atomic E-state index is -4.27. The van der Waals surface area contributed by atoms with Gasteiger partial charge in [-0.2, -0.15) is 13.2 Å². The van der Waals surface area contributed by atoms with Crippen LogP contribution in [0.15, 0.2) is 91.1 Å². The molecule has 4 aromatic rings. The number of hydrogen-bond acceptors (Lipinski definition) is 2. The molecule has 3 nitrogen and oxygen atoms in total. The molecule has 1 aromatic heterocycles. The third-order valence-electron chi connectivity index (χ3n) is 5.70. The van der Waals surface area contributed by atoms with E-state index in [2.05, 4.69) is 28.1 Å². The predicted molar refractivity (Wildman–Crippen MR) is 126 cm³/mol. The molecule has 0 radical (unpaired) electrons. The van der Waals surface area contributed by atoms with Gasteiger partial charge in [0.2, 0.25) is 0 Å². The van der Waals surface area contributed by atoms with Crippen molar-refractivity contribution in [3.63, 3.8) is 0 Å². The van der Waals surface area contributed by atoms with Crippen molar-refractivity contribution in [2.45, 2.75) is 25.7 Å². The number of anilines is 1. The van der Waals surface area contributed by atoms with Gasteiger partial charge in [-0.05, 0) is 65.1 Å². The van der Waals surface area contributed by atoms with Crippen LogP contribution in [0.1, 0.15) is 22.4 Å². The molecule has 2 heterocycles. The number of nitrogens with zero attached hydrogens (tertiary/aromatic N) is 1. The Hall–Kier alpha value is -3.51. The van der Waals surface area contributed by atoms with Crippen LogP contribution in [0.2, 0.25) is 0 Å². The van der Waals surface area contributed by atoms with Gasteiger partial charge in [0.25, 0.3) is 0 Å². The number of halogens is 3. The van der Waals surface area contributed by atoms with Gasteiger partial charge in [0, 0.05) is 37.2 Å². The third-order valence-corrected chi connectivity index (χ3v) is 5.70. The molecule has 0 aliphatic carbocycles. The predicted octanol–water partition coefficient (Wildman–Crippen LogP) is 6.53. The van der Waals surface area contributed by atoms with Crippen molar-refractivity contribution in [3.8, 4) is 11.1 Å². The number of nitrogen functional groups attached to an aromatic ring is 1. The summed E-state index contributed by atoms with van der Waals surface area (Å²) >= 11 is 0.